The summed E-state index contributed by atoms with van der Waals surface area (Å²) in [6.45, 7) is 10.3. The number of aromatic nitrogens is 3. The molecule has 1 fully saturated rings. The number of aliphatic hydroxyl groups excluding tert-OH is 1. The lowest BCUT2D eigenvalue weighted by Crippen LogP contribution is -2.35. The third-order valence-electron chi connectivity index (χ3n) is 8.20. The summed E-state index contributed by atoms with van der Waals surface area (Å²) in [6.07, 6.45) is 3.64. The fourth-order valence-corrected chi connectivity index (χ4v) is 5.39. The Morgan fingerprint density at radius 3 is 2.35 bits per heavy atom. The van der Waals surface area contributed by atoms with Gasteiger partial charge in [0.25, 0.3) is 11.5 Å². The van der Waals surface area contributed by atoms with Crippen LogP contribution in [0.1, 0.15) is 55.1 Å². The number of aryl methyl sites for hydroxylation is 1. The molecule has 1 aliphatic heterocycles. The average Bonchev–Trinajstić information content (AvgIpc) is 3.00. The number of pyridine rings is 1. The second kappa shape index (κ2) is 12.4. The molecule has 1 aliphatic rings. The molecule has 2 aromatic heterocycles. The van der Waals surface area contributed by atoms with Crippen LogP contribution in [0.4, 0.5) is 23.0 Å². The standard InChI is InChI=1S/C34H40N6O3/c1-22-27(7-6-8-28(22)36-32(42)24-9-11-26(12-10-24)34(2,3)4)25-19-29(33(43)39(5)20-25)35-30-13-14-31(38-37-30)40-17-15-23(21-41)16-18-40/h6-14,19-20,23,41H,15-18,21H2,1-5H3,(H,35,37)(H,36,42). The lowest BCUT2D eigenvalue weighted by molar-refractivity contribution is 0.102. The molecule has 9 heteroatoms. The molecule has 224 valence electrons. The van der Waals surface area contributed by atoms with E-state index in [1.54, 1.807) is 19.3 Å². The number of carbonyl (C=O) groups excluding carboxylic acids is 1. The minimum atomic E-state index is -0.193. The molecule has 4 aromatic rings. The maximum Gasteiger partial charge on any atom is 0.274 e. The average molecular weight is 581 g/mol. The van der Waals surface area contributed by atoms with E-state index >= 15 is 0 Å². The van der Waals surface area contributed by atoms with Crippen LogP contribution in [0.2, 0.25) is 0 Å². The van der Waals surface area contributed by atoms with Gasteiger partial charge in [-0.15, -0.1) is 10.2 Å². The topological polar surface area (TPSA) is 112 Å². The van der Waals surface area contributed by atoms with E-state index in [-0.39, 0.29) is 23.5 Å². The van der Waals surface area contributed by atoms with Gasteiger partial charge >= 0.3 is 0 Å². The van der Waals surface area contributed by atoms with Gasteiger partial charge in [-0.1, -0.05) is 45.0 Å². The smallest absolute Gasteiger partial charge is 0.274 e. The Morgan fingerprint density at radius 2 is 1.72 bits per heavy atom. The predicted molar refractivity (Wildman–Crippen MR) is 172 cm³/mol. The summed E-state index contributed by atoms with van der Waals surface area (Å²) < 4.78 is 1.53. The number of hydrogen-bond acceptors (Lipinski definition) is 7. The van der Waals surface area contributed by atoms with Crippen LogP contribution < -0.4 is 21.1 Å². The first kappa shape index (κ1) is 30.0. The third kappa shape index (κ3) is 6.78. The number of rotatable bonds is 7. The normalized spacial score (nSPS) is 14.0. The van der Waals surface area contributed by atoms with Crippen molar-refractivity contribution in [3.63, 3.8) is 0 Å². The van der Waals surface area contributed by atoms with Gasteiger partial charge < -0.3 is 25.2 Å². The van der Waals surface area contributed by atoms with Crippen LogP contribution in [0.15, 0.2) is 71.7 Å². The quantitative estimate of drug-likeness (QED) is 0.259. The third-order valence-corrected chi connectivity index (χ3v) is 8.20. The van der Waals surface area contributed by atoms with Crippen molar-refractivity contribution < 1.29 is 9.90 Å². The minimum absolute atomic E-state index is 0.0120. The Kier molecular flexibility index (Phi) is 8.64. The molecule has 0 spiro atoms. The van der Waals surface area contributed by atoms with Crippen molar-refractivity contribution in [1.29, 1.82) is 0 Å². The van der Waals surface area contributed by atoms with Gasteiger partial charge in [-0.3, -0.25) is 9.59 Å². The number of carbonyl (C=O) groups is 1. The molecule has 0 aliphatic carbocycles. The first-order valence-corrected chi connectivity index (χ1v) is 14.7. The predicted octanol–water partition coefficient (Wildman–Crippen LogP) is 5.65. The number of nitrogens with zero attached hydrogens (tertiary/aromatic N) is 4. The molecular weight excluding hydrogens is 540 g/mol. The first-order chi connectivity index (χ1) is 20.5. The Bertz CT molecular complexity index is 1650. The second-order valence-electron chi connectivity index (χ2n) is 12.3. The Labute approximate surface area is 252 Å². The number of benzene rings is 2. The molecule has 0 saturated carbocycles. The molecular formula is C34H40N6O3. The monoisotopic (exact) mass is 580 g/mol. The van der Waals surface area contributed by atoms with Crippen LogP contribution in [0, 0.1) is 12.8 Å². The van der Waals surface area contributed by atoms with Crippen molar-refractivity contribution in [2.75, 3.05) is 35.2 Å². The largest absolute Gasteiger partial charge is 0.396 e. The highest BCUT2D eigenvalue weighted by Gasteiger charge is 2.20. The zero-order valence-corrected chi connectivity index (χ0v) is 25.5. The van der Waals surface area contributed by atoms with Crippen LogP contribution in [-0.4, -0.2) is 45.5 Å². The van der Waals surface area contributed by atoms with Crippen molar-refractivity contribution in [2.45, 2.75) is 46.0 Å². The van der Waals surface area contributed by atoms with Crippen molar-refractivity contribution in [3.05, 3.63) is 93.9 Å². The minimum Gasteiger partial charge on any atom is -0.396 e. The molecule has 5 rings (SSSR count). The van der Waals surface area contributed by atoms with Crippen LogP contribution in [-0.2, 0) is 12.5 Å². The number of nitrogens with one attached hydrogen (secondary N) is 2. The van der Waals surface area contributed by atoms with E-state index in [1.807, 2.05) is 61.5 Å². The molecule has 0 bridgehead atoms. The van der Waals surface area contributed by atoms with Gasteiger partial charge in [0.1, 0.15) is 5.69 Å². The highest BCUT2D eigenvalue weighted by Crippen LogP contribution is 2.30. The second-order valence-corrected chi connectivity index (χ2v) is 12.3. The fourth-order valence-electron chi connectivity index (χ4n) is 5.39. The maximum absolute atomic E-state index is 13.1. The number of hydrogen-bond donors (Lipinski definition) is 3. The molecule has 9 nitrogen and oxygen atoms in total. The van der Waals surface area contributed by atoms with E-state index < -0.39 is 0 Å². The van der Waals surface area contributed by atoms with Crippen molar-refractivity contribution in [3.8, 4) is 11.1 Å². The highest BCUT2D eigenvalue weighted by atomic mass is 16.3. The van der Waals surface area contributed by atoms with E-state index in [2.05, 4.69) is 46.5 Å². The van der Waals surface area contributed by atoms with Crippen LogP contribution in [0.5, 0.6) is 0 Å². The van der Waals surface area contributed by atoms with Gasteiger partial charge in [-0.25, -0.2) is 0 Å². The van der Waals surface area contributed by atoms with Gasteiger partial charge in [0.2, 0.25) is 0 Å². The molecule has 0 unspecified atom stereocenters. The van der Waals surface area contributed by atoms with E-state index in [1.165, 1.54) is 10.1 Å². The van der Waals surface area contributed by atoms with E-state index in [9.17, 15) is 14.7 Å². The van der Waals surface area contributed by atoms with Crippen LogP contribution in [0.25, 0.3) is 11.1 Å². The summed E-state index contributed by atoms with van der Waals surface area (Å²) in [4.78, 5) is 28.3. The molecule has 3 heterocycles. The Hall–Kier alpha value is -4.50. The molecule has 0 radical (unpaired) electrons. The van der Waals surface area contributed by atoms with E-state index in [0.717, 1.165) is 48.4 Å². The van der Waals surface area contributed by atoms with Crippen LogP contribution >= 0.6 is 0 Å². The molecule has 3 N–H and O–H groups in total. The van der Waals surface area contributed by atoms with Gasteiger partial charge in [0.15, 0.2) is 11.6 Å². The number of amides is 1. The van der Waals surface area contributed by atoms with Gasteiger partial charge in [-0.2, -0.15) is 0 Å². The maximum atomic E-state index is 13.1. The summed E-state index contributed by atoms with van der Waals surface area (Å²) in [5.74, 6) is 1.42. The highest BCUT2D eigenvalue weighted by molar-refractivity contribution is 6.05. The molecule has 2 aromatic carbocycles. The SMILES string of the molecule is Cc1c(NC(=O)c2ccc(C(C)(C)C)cc2)cccc1-c1cc(Nc2ccc(N3CCC(CO)CC3)nn2)c(=O)n(C)c1. The Balaban J connectivity index is 1.34. The molecule has 1 amide bonds. The van der Waals surface area contributed by atoms with Gasteiger partial charge in [0, 0.05) is 49.8 Å². The summed E-state index contributed by atoms with van der Waals surface area (Å²) in [5, 5.41) is 24.3. The van der Waals surface area contributed by atoms with Crippen molar-refractivity contribution >= 4 is 28.9 Å². The number of anilines is 4. The summed E-state index contributed by atoms with van der Waals surface area (Å²) >= 11 is 0. The Morgan fingerprint density at radius 1 is 1.00 bits per heavy atom. The number of piperidine rings is 1. The first-order valence-electron chi connectivity index (χ1n) is 14.7. The number of aliphatic hydroxyl groups is 1. The van der Waals surface area contributed by atoms with Crippen molar-refractivity contribution in [2.24, 2.45) is 13.0 Å². The van der Waals surface area contributed by atoms with E-state index in [0.29, 0.717) is 28.7 Å². The summed E-state index contributed by atoms with van der Waals surface area (Å²) in [6, 6.07) is 19.0. The summed E-state index contributed by atoms with van der Waals surface area (Å²) in [7, 11) is 1.71. The lowest BCUT2D eigenvalue weighted by Gasteiger charge is -2.31. The lowest BCUT2D eigenvalue weighted by atomic mass is 9.86. The van der Waals surface area contributed by atoms with Gasteiger partial charge in [0.05, 0.1) is 0 Å². The van der Waals surface area contributed by atoms with Crippen LogP contribution in [0.3, 0.4) is 0 Å². The molecule has 43 heavy (non-hydrogen) atoms. The van der Waals surface area contributed by atoms with Crippen molar-refractivity contribution in [1.82, 2.24) is 14.8 Å². The summed E-state index contributed by atoms with van der Waals surface area (Å²) in [5.41, 5.74) is 5.26. The fraction of sp³-hybridized carbons (Fsp3) is 0.353. The zero-order valence-electron chi connectivity index (χ0n) is 25.5. The van der Waals surface area contributed by atoms with Gasteiger partial charge in [-0.05, 0) is 84.2 Å². The molecule has 0 atom stereocenters. The zero-order chi connectivity index (χ0) is 30.7. The molecule has 1 saturated heterocycles. The van der Waals surface area contributed by atoms with E-state index in [4.69, 9.17) is 0 Å².